The van der Waals surface area contributed by atoms with Gasteiger partial charge in [0.15, 0.2) is 12.4 Å². The molecular weight excluding hydrogens is 338 g/mol. The van der Waals surface area contributed by atoms with Gasteiger partial charge in [0.2, 0.25) is 0 Å². The number of anilines is 1. The first-order valence-corrected chi connectivity index (χ1v) is 7.13. The summed E-state index contributed by atoms with van der Waals surface area (Å²) in [4.78, 5) is 23.9. The summed E-state index contributed by atoms with van der Waals surface area (Å²) in [6, 6.07) is 5.01. The highest BCUT2D eigenvalue weighted by Gasteiger charge is 2.23. The normalized spacial score (nSPS) is 13.4. The highest BCUT2D eigenvalue weighted by atomic mass is 79.9. The number of amides is 1. The van der Waals surface area contributed by atoms with Crippen LogP contribution in [-0.4, -0.2) is 18.3 Å². The maximum Gasteiger partial charge on any atom is 0.262 e. The number of nitrogens with one attached hydrogen (secondary N) is 1. The summed E-state index contributed by atoms with van der Waals surface area (Å²) in [5.74, 6) is 1.39. The highest BCUT2D eigenvalue weighted by molar-refractivity contribution is 9.10. The second kappa shape index (κ2) is 5.04. The summed E-state index contributed by atoms with van der Waals surface area (Å²) in [6.07, 6.45) is 0. The SMILES string of the molecule is Cc1cc(C(=O)c2cc3c(cc2Br)NC(=O)CO3)c(C)o1. The standard InChI is InChI=1S/C15H12BrNO4/c1-7-3-9(8(2)21-7)15(19)10-4-13-12(5-11(10)16)17-14(18)6-20-13/h3-5H,6H2,1-2H3,(H,17,18). The van der Waals surface area contributed by atoms with Crippen LogP contribution in [0, 0.1) is 13.8 Å². The number of ether oxygens (including phenoxy) is 1. The van der Waals surface area contributed by atoms with Gasteiger partial charge >= 0.3 is 0 Å². The molecule has 0 bridgehead atoms. The largest absolute Gasteiger partial charge is 0.482 e. The Bertz CT molecular complexity index is 763. The number of hydrogen-bond acceptors (Lipinski definition) is 4. The predicted molar refractivity (Wildman–Crippen MR) is 79.9 cm³/mol. The number of carbonyl (C=O) groups is 2. The Kier molecular flexibility index (Phi) is 3.33. The maximum absolute atomic E-state index is 12.6. The van der Waals surface area contributed by atoms with E-state index in [0.717, 1.165) is 0 Å². The zero-order valence-electron chi connectivity index (χ0n) is 11.5. The summed E-state index contributed by atoms with van der Waals surface area (Å²) in [5.41, 5.74) is 1.54. The van der Waals surface area contributed by atoms with Gasteiger partial charge in [0.05, 0.1) is 11.3 Å². The third-order valence-corrected chi connectivity index (χ3v) is 3.89. The monoisotopic (exact) mass is 349 g/mol. The molecule has 2 aromatic rings. The second-order valence-electron chi connectivity index (χ2n) is 4.82. The van der Waals surface area contributed by atoms with E-state index < -0.39 is 0 Å². The number of furan rings is 1. The van der Waals surface area contributed by atoms with E-state index in [0.29, 0.717) is 38.6 Å². The highest BCUT2D eigenvalue weighted by Crippen LogP contribution is 2.35. The number of carbonyl (C=O) groups excluding carboxylic acids is 2. The van der Waals surface area contributed by atoms with E-state index in [4.69, 9.17) is 9.15 Å². The van der Waals surface area contributed by atoms with Crippen molar-refractivity contribution in [2.75, 3.05) is 11.9 Å². The quantitative estimate of drug-likeness (QED) is 0.845. The van der Waals surface area contributed by atoms with E-state index in [-0.39, 0.29) is 18.3 Å². The lowest BCUT2D eigenvalue weighted by Gasteiger charge is -2.19. The third kappa shape index (κ3) is 2.47. The molecule has 0 fully saturated rings. The Labute approximate surface area is 129 Å². The van der Waals surface area contributed by atoms with Crippen LogP contribution < -0.4 is 10.1 Å². The van der Waals surface area contributed by atoms with Crippen molar-refractivity contribution in [3.63, 3.8) is 0 Å². The Morgan fingerprint density at radius 1 is 1.24 bits per heavy atom. The van der Waals surface area contributed by atoms with Gasteiger partial charge in [0.1, 0.15) is 17.3 Å². The lowest BCUT2D eigenvalue weighted by molar-refractivity contribution is -0.118. The molecule has 2 heterocycles. The van der Waals surface area contributed by atoms with Crippen LogP contribution in [0.15, 0.2) is 27.1 Å². The smallest absolute Gasteiger partial charge is 0.262 e. The van der Waals surface area contributed by atoms with Crippen LogP contribution in [0.5, 0.6) is 5.75 Å². The topological polar surface area (TPSA) is 68.5 Å². The molecule has 1 aromatic carbocycles. The molecule has 0 saturated heterocycles. The average molecular weight is 350 g/mol. The van der Waals surface area contributed by atoms with Crippen molar-refractivity contribution in [1.29, 1.82) is 0 Å². The van der Waals surface area contributed by atoms with Gasteiger partial charge in [-0.1, -0.05) is 0 Å². The van der Waals surface area contributed by atoms with Crippen LogP contribution in [0.1, 0.15) is 27.4 Å². The van der Waals surface area contributed by atoms with E-state index in [1.165, 1.54) is 0 Å². The fraction of sp³-hybridized carbons (Fsp3) is 0.200. The van der Waals surface area contributed by atoms with Crippen molar-refractivity contribution < 1.29 is 18.7 Å². The van der Waals surface area contributed by atoms with Gasteiger partial charge in [0, 0.05) is 10.0 Å². The molecule has 0 radical (unpaired) electrons. The number of aryl methyl sites for hydroxylation is 2. The van der Waals surface area contributed by atoms with E-state index in [2.05, 4.69) is 21.2 Å². The Balaban J connectivity index is 2.05. The minimum absolute atomic E-state index is 0.0495. The van der Waals surface area contributed by atoms with Gasteiger partial charge in [-0.2, -0.15) is 0 Å². The summed E-state index contributed by atoms with van der Waals surface area (Å²) < 4.78 is 11.3. The molecule has 6 heteroatoms. The molecule has 0 unspecified atom stereocenters. The fourth-order valence-electron chi connectivity index (χ4n) is 2.28. The fourth-order valence-corrected chi connectivity index (χ4v) is 2.80. The Hall–Kier alpha value is -2.08. The number of hydrogen-bond donors (Lipinski definition) is 1. The minimum Gasteiger partial charge on any atom is -0.482 e. The van der Waals surface area contributed by atoms with Crippen molar-refractivity contribution in [3.05, 3.63) is 45.3 Å². The predicted octanol–water partition coefficient (Wildman–Crippen LogP) is 3.22. The number of benzene rings is 1. The molecule has 5 nitrogen and oxygen atoms in total. The van der Waals surface area contributed by atoms with Crippen LogP contribution in [0.3, 0.4) is 0 Å². The number of rotatable bonds is 2. The molecule has 0 aliphatic carbocycles. The molecular formula is C15H12BrNO4. The first-order valence-electron chi connectivity index (χ1n) is 6.33. The van der Waals surface area contributed by atoms with Gasteiger partial charge in [-0.15, -0.1) is 0 Å². The van der Waals surface area contributed by atoms with Gasteiger partial charge in [-0.05, 0) is 48.0 Å². The van der Waals surface area contributed by atoms with Crippen molar-refractivity contribution >= 4 is 33.3 Å². The number of ketones is 1. The van der Waals surface area contributed by atoms with E-state index in [1.807, 2.05) is 0 Å². The molecule has 1 N–H and O–H groups in total. The lowest BCUT2D eigenvalue weighted by Crippen LogP contribution is -2.25. The lowest BCUT2D eigenvalue weighted by atomic mass is 10.0. The molecule has 0 saturated carbocycles. The molecule has 1 amide bonds. The first-order chi connectivity index (χ1) is 9.95. The van der Waals surface area contributed by atoms with Crippen LogP contribution in [0.2, 0.25) is 0 Å². The van der Waals surface area contributed by atoms with Crippen LogP contribution in [0.4, 0.5) is 5.69 Å². The molecule has 3 rings (SSSR count). The molecule has 108 valence electrons. The summed E-state index contributed by atoms with van der Waals surface area (Å²) in [7, 11) is 0. The van der Waals surface area contributed by atoms with Gasteiger partial charge in [0.25, 0.3) is 5.91 Å². The first kappa shape index (κ1) is 13.9. The zero-order valence-corrected chi connectivity index (χ0v) is 13.0. The third-order valence-electron chi connectivity index (χ3n) is 3.23. The Morgan fingerprint density at radius 3 is 2.67 bits per heavy atom. The van der Waals surface area contributed by atoms with E-state index in [1.54, 1.807) is 32.0 Å². The summed E-state index contributed by atoms with van der Waals surface area (Å²) in [6.45, 7) is 3.50. The van der Waals surface area contributed by atoms with Crippen molar-refractivity contribution in [2.24, 2.45) is 0 Å². The van der Waals surface area contributed by atoms with Crippen molar-refractivity contribution in [1.82, 2.24) is 0 Å². The second-order valence-corrected chi connectivity index (χ2v) is 5.68. The maximum atomic E-state index is 12.6. The molecule has 0 spiro atoms. The number of halogens is 1. The van der Waals surface area contributed by atoms with Crippen molar-refractivity contribution in [3.8, 4) is 5.75 Å². The van der Waals surface area contributed by atoms with E-state index >= 15 is 0 Å². The van der Waals surface area contributed by atoms with Crippen LogP contribution >= 0.6 is 15.9 Å². The molecule has 1 aliphatic heterocycles. The average Bonchev–Trinajstić information content (AvgIpc) is 2.76. The van der Waals surface area contributed by atoms with Gasteiger partial charge < -0.3 is 14.5 Å². The Morgan fingerprint density at radius 2 is 2.00 bits per heavy atom. The zero-order chi connectivity index (χ0) is 15.1. The molecule has 1 aliphatic rings. The van der Waals surface area contributed by atoms with Gasteiger partial charge in [-0.3, -0.25) is 9.59 Å². The number of fused-ring (bicyclic) bond motifs is 1. The van der Waals surface area contributed by atoms with Gasteiger partial charge in [-0.25, -0.2) is 0 Å². The summed E-state index contributed by atoms with van der Waals surface area (Å²) in [5, 5.41) is 2.70. The van der Waals surface area contributed by atoms with Crippen LogP contribution in [-0.2, 0) is 4.79 Å². The van der Waals surface area contributed by atoms with E-state index in [9.17, 15) is 9.59 Å². The van der Waals surface area contributed by atoms with Crippen LogP contribution in [0.25, 0.3) is 0 Å². The summed E-state index contributed by atoms with van der Waals surface area (Å²) >= 11 is 3.37. The minimum atomic E-state index is -0.213. The van der Waals surface area contributed by atoms with Crippen molar-refractivity contribution in [2.45, 2.75) is 13.8 Å². The molecule has 1 aromatic heterocycles. The molecule has 21 heavy (non-hydrogen) atoms. The molecule has 0 atom stereocenters.